The SMILES string of the molecule is CCOc1ccccc1C=CCCNC(C)(C)C. The fourth-order valence-corrected chi connectivity index (χ4v) is 1.65. The number of para-hydroxylation sites is 1. The predicted molar refractivity (Wildman–Crippen MR) is 79.0 cm³/mol. The van der Waals surface area contributed by atoms with Crippen molar-refractivity contribution in [2.24, 2.45) is 0 Å². The van der Waals surface area contributed by atoms with Gasteiger partial charge in [0, 0.05) is 11.1 Å². The third-order valence-corrected chi connectivity index (χ3v) is 2.48. The van der Waals surface area contributed by atoms with Crippen LogP contribution in [0.5, 0.6) is 5.75 Å². The van der Waals surface area contributed by atoms with Gasteiger partial charge in [0.1, 0.15) is 5.75 Å². The van der Waals surface area contributed by atoms with Crippen LogP contribution in [0.4, 0.5) is 0 Å². The molecule has 0 aliphatic rings. The minimum absolute atomic E-state index is 0.192. The summed E-state index contributed by atoms with van der Waals surface area (Å²) in [5.74, 6) is 0.958. The smallest absolute Gasteiger partial charge is 0.126 e. The Morgan fingerprint density at radius 3 is 2.61 bits per heavy atom. The molecule has 2 nitrogen and oxygen atoms in total. The van der Waals surface area contributed by atoms with E-state index in [0.29, 0.717) is 6.61 Å². The van der Waals surface area contributed by atoms with E-state index in [1.165, 1.54) is 0 Å². The summed E-state index contributed by atoms with van der Waals surface area (Å²) in [7, 11) is 0. The minimum atomic E-state index is 0.192. The third kappa shape index (κ3) is 5.87. The zero-order valence-corrected chi connectivity index (χ0v) is 12.0. The van der Waals surface area contributed by atoms with Gasteiger partial charge in [-0.05, 0) is 46.7 Å². The maximum Gasteiger partial charge on any atom is 0.126 e. The molecule has 0 aliphatic carbocycles. The van der Waals surface area contributed by atoms with Crippen LogP contribution >= 0.6 is 0 Å². The molecule has 1 aromatic carbocycles. The maximum absolute atomic E-state index is 5.58. The lowest BCUT2D eigenvalue weighted by atomic mass is 10.1. The van der Waals surface area contributed by atoms with E-state index >= 15 is 0 Å². The molecule has 0 saturated carbocycles. The van der Waals surface area contributed by atoms with Crippen molar-refractivity contribution in [3.05, 3.63) is 35.9 Å². The first kappa shape index (κ1) is 14.8. The molecule has 0 heterocycles. The zero-order chi connectivity index (χ0) is 13.4. The van der Waals surface area contributed by atoms with E-state index in [9.17, 15) is 0 Å². The number of nitrogens with one attached hydrogen (secondary N) is 1. The van der Waals surface area contributed by atoms with Gasteiger partial charge in [-0.1, -0.05) is 30.4 Å². The Morgan fingerprint density at radius 2 is 1.94 bits per heavy atom. The fourth-order valence-electron chi connectivity index (χ4n) is 1.65. The molecule has 100 valence electrons. The van der Waals surface area contributed by atoms with Gasteiger partial charge in [-0.2, -0.15) is 0 Å². The molecule has 0 amide bonds. The van der Waals surface area contributed by atoms with Gasteiger partial charge in [0.15, 0.2) is 0 Å². The van der Waals surface area contributed by atoms with Gasteiger partial charge in [-0.3, -0.25) is 0 Å². The summed E-state index contributed by atoms with van der Waals surface area (Å²) >= 11 is 0. The molecule has 0 atom stereocenters. The van der Waals surface area contributed by atoms with Gasteiger partial charge in [-0.15, -0.1) is 0 Å². The van der Waals surface area contributed by atoms with Crippen LogP contribution in [0.25, 0.3) is 6.08 Å². The van der Waals surface area contributed by atoms with Crippen molar-refractivity contribution >= 4 is 6.08 Å². The summed E-state index contributed by atoms with van der Waals surface area (Å²) in [5.41, 5.74) is 1.34. The van der Waals surface area contributed by atoms with E-state index < -0.39 is 0 Å². The average molecular weight is 247 g/mol. The monoisotopic (exact) mass is 247 g/mol. The van der Waals surface area contributed by atoms with E-state index in [-0.39, 0.29) is 5.54 Å². The Kier molecular flexibility index (Phi) is 5.93. The zero-order valence-electron chi connectivity index (χ0n) is 12.0. The molecule has 1 rings (SSSR count). The summed E-state index contributed by atoms with van der Waals surface area (Å²) in [4.78, 5) is 0. The molecule has 0 fully saturated rings. The molecular weight excluding hydrogens is 222 g/mol. The summed E-state index contributed by atoms with van der Waals surface area (Å²) in [6.45, 7) is 10.3. The molecule has 0 bridgehead atoms. The van der Waals surface area contributed by atoms with Crippen LogP contribution in [-0.4, -0.2) is 18.7 Å². The van der Waals surface area contributed by atoms with Crippen molar-refractivity contribution in [2.75, 3.05) is 13.2 Å². The first-order valence-electron chi connectivity index (χ1n) is 6.66. The topological polar surface area (TPSA) is 21.3 Å². The quantitative estimate of drug-likeness (QED) is 0.770. The van der Waals surface area contributed by atoms with Gasteiger partial charge in [-0.25, -0.2) is 0 Å². The van der Waals surface area contributed by atoms with Crippen LogP contribution in [0.15, 0.2) is 30.3 Å². The molecular formula is C16H25NO. The van der Waals surface area contributed by atoms with Crippen LogP contribution < -0.4 is 10.1 Å². The first-order valence-corrected chi connectivity index (χ1v) is 6.66. The Hall–Kier alpha value is -1.28. The normalized spacial score (nSPS) is 12.0. The van der Waals surface area contributed by atoms with Crippen molar-refractivity contribution in [3.63, 3.8) is 0 Å². The molecule has 0 unspecified atom stereocenters. The van der Waals surface area contributed by atoms with E-state index in [0.717, 1.165) is 24.3 Å². The molecule has 0 radical (unpaired) electrons. The highest BCUT2D eigenvalue weighted by Gasteiger charge is 2.06. The van der Waals surface area contributed by atoms with Gasteiger partial charge < -0.3 is 10.1 Å². The van der Waals surface area contributed by atoms with E-state index in [1.807, 2.05) is 25.1 Å². The maximum atomic E-state index is 5.58. The van der Waals surface area contributed by atoms with E-state index in [2.05, 4.69) is 44.3 Å². The number of hydrogen-bond donors (Lipinski definition) is 1. The second-order valence-corrected chi connectivity index (χ2v) is 5.34. The Labute approximate surface area is 111 Å². The van der Waals surface area contributed by atoms with Crippen LogP contribution in [-0.2, 0) is 0 Å². The van der Waals surface area contributed by atoms with Crippen LogP contribution in [0, 0.1) is 0 Å². The largest absolute Gasteiger partial charge is 0.493 e. The van der Waals surface area contributed by atoms with Gasteiger partial charge in [0.25, 0.3) is 0 Å². The molecule has 2 heteroatoms. The number of rotatable bonds is 6. The molecule has 18 heavy (non-hydrogen) atoms. The lowest BCUT2D eigenvalue weighted by Crippen LogP contribution is -2.36. The molecule has 0 spiro atoms. The van der Waals surface area contributed by atoms with Gasteiger partial charge >= 0.3 is 0 Å². The number of ether oxygens (including phenoxy) is 1. The van der Waals surface area contributed by atoms with Gasteiger partial charge in [0.05, 0.1) is 6.61 Å². The van der Waals surface area contributed by atoms with Crippen LogP contribution in [0.3, 0.4) is 0 Å². The Morgan fingerprint density at radius 1 is 1.22 bits per heavy atom. The highest BCUT2D eigenvalue weighted by molar-refractivity contribution is 5.57. The summed E-state index contributed by atoms with van der Waals surface area (Å²) < 4.78 is 5.58. The van der Waals surface area contributed by atoms with Crippen molar-refractivity contribution in [1.29, 1.82) is 0 Å². The second kappa shape index (κ2) is 7.22. The van der Waals surface area contributed by atoms with Gasteiger partial charge in [0.2, 0.25) is 0 Å². The first-order chi connectivity index (χ1) is 8.53. The summed E-state index contributed by atoms with van der Waals surface area (Å²) in [6.07, 6.45) is 5.35. The summed E-state index contributed by atoms with van der Waals surface area (Å²) in [5, 5.41) is 3.47. The lowest BCUT2D eigenvalue weighted by molar-refractivity contribution is 0.339. The highest BCUT2D eigenvalue weighted by atomic mass is 16.5. The third-order valence-electron chi connectivity index (χ3n) is 2.48. The van der Waals surface area contributed by atoms with Crippen molar-refractivity contribution < 1.29 is 4.74 Å². The second-order valence-electron chi connectivity index (χ2n) is 5.34. The molecule has 0 saturated heterocycles. The summed E-state index contributed by atoms with van der Waals surface area (Å²) in [6, 6.07) is 8.13. The molecule has 1 N–H and O–H groups in total. The fraction of sp³-hybridized carbons (Fsp3) is 0.500. The molecule has 0 aromatic heterocycles. The lowest BCUT2D eigenvalue weighted by Gasteiger charge is -2.19. The van der Waals surface area contributed by atoms with Crippen molar-refractivity contribution in [2.45, 2.75) is 39.7 Å². The Balaban J connectivity index is 2.46. The molecule has 1 aromatic rings. The van der Waals surface area contributed by atoms with Crippen molar-refractivity contribution in [3.8, 4) is 5.75 Å². The van der Waals surface area contributed by atoms with Crippen molar-refractivity contribution in [1.82, 2.24) is 5.32 Å². The standard InChI is InChI=1S/C16H25NO/c1-5-18-15-12-7-6-10-14(15)11-8-9-13-17-16(2,3)4/h6-8,10-12,17H,5,9,13H2,1-4H3. The van der Waals surface area contributed by atoms with E-state index in [1.54, 1.807) is 0 Å². The highest BCUT2D eigenvalue weighted by Crippen LogP contribution is 2.19. The van der Waals surface area contributed by atoms with Crippen LogP contribution in [0.2, 0.25) is 0 Å². The van der Waals surface area contributed by atoms with Crippen LogP contribution in [0.1, 0.15) is 39.7 Å². The number of hydrogen-bond acceptors (Lipinski definition) is 2. The molecule has 0 aliphatic heterocycles. The Bertz CT molecular complexity index is 377. The average Bonchev–Trinajstić information content (AvgIpc) is 2.29. The predicted octanol–water partition coefficient (Wildman–Crippen LogP) is 3.88. The number of benzene rings is 1. The minimum Gasteiger partial charge on any atom is -0.493 e. The van der Waals surface area contributed by atoms with E-state index in [4.69, 9.17) is 4.74 Å².